The standard InChI is InChI=1S/C28H32NO4P/c1-33-25-20-12-11-19-24(25)27(30)28(31)26(21-13-5-2-6-14-21)29-34(32,22-15-7-3-8-16-22)23-17-9-4-10-18-23/h3-4,7-12,15-21,26,28,31H,2,5-6,13-14H2,1H3,(H,29,32)/t26-,28-/m1/s1. The minimum absolute atomic E-state index is 0.0307. The van der Waals surface area contributed by atoms with Crippen molar-refractivity contribution in [1.29, 1.82) is 0 Å². The van der Waals surface area contributed by atoms with Crippen LogP contribution in [0.5, 0.6) is 5.75 Å². The average Bonchev–Trinajstić information content (AvgIpc) is 2.92. The van der Waals surface area contributed by atoms with Crippen LogP contribution in [0.1, 0.15) is 42.5 Å². The fourth-order valence-electron chi connectivity index (χ4n) is 4.88. The highest BCUT2D eigenvalue weighted by molar-refractivity contribution is 7.76. The Morgan fingerprint density at radius 1 is 0.882 bits per heavy atom. The third kappa shape index (κ3) is 5.17. The lowest BCUT2D eigenvalue weighted by Crippen LogP contribution is -2.50. The van der Waals surface area contributed by atoms with E-state index in [0.717, 1.165) is 32.1 Å². The molecule has 3 aromatic rings. The number of ether oxygens (including phenoxy) is 1. The van der Waals surface area contributed by atoms with Crippen LogP contribution in [0.25, 0.3) is 0 Å². The van der Waals surface area contributed by atoms with Crippen molar-refractivity contribution in [2.45, 2.75) is 44.2 Å². The first-order valence-corrected chi connectivity index (χ1v) is 13.6. The van der Waals surface area contributed by atoms with Gasteiger partial charge in [-0.25, -0.2) is 0 Å². The molecule has 1 aliphatic carbocycles. The lowest BCUT2D eigenvalue weighted by Gasteiger charge is -2.36. The average molecular weight is 478 g/mol. The number of hydrogen-bond acceptors (Lipinski definition) is 4. The van der Waals surface area contributed by atoms with Crippen molar-refractivity contribution >= 4 is 23.7 Å². The molecule has 5 nitrogen and oxygen atoms in total. The Balaban J connectivity index is 1.75. The smallest absolute Gasteiger partial charge is 0.204 e. The number of hydrogen-bond donors (Lipinski definition) is 2. The first-order chi connectivity index (χ1) is 16.5. The Bertz CT molecular complexity index is 1090. The highest BCUT2D eigenvalue weighted by Gasteiger charge is 2.40. The van der Waals surface area contributed by atoms with Crippen LogP contribution in [0.15, 0.2) is 84.9 Å². The van der Waals surface area contributed by atoms with Gasteiger partial charge in [-0.1, -0.05) is 67.8 Å². The Morgan fingerprint density at radius 3 is 1.97 bits per heavy atom. The fourth-order valence-corrected chi connectivity index (χ4v) is 7.43. The van der Waals surface area contributed by atoms with Gasteiger partial charge in [0, 0.05) is 16.7 Å². The van der Waals surface area contributed by atoms with Crippen molar-refractivity contribution in [3.8, 4) is 5.75 Å². The van der Waals surface area contributed by atoms with E-state index in [1.807, 2.05) is 60.7 Å². The van der Waals surface area contributed by atoms with E-state index in [9.17, 15) is 14.5 Å². The summed E-state index contributed by atoms with van der Waals surface area (Å²) in [5.41, 5.74) is 0.328. The van der Waals surface area contributed by atoms with Crippen molar-refractivity contribution in [3.05, 3.63) is 90.5 Å². The maximum atomic E-state index is 14.7. The Hall–Kier alpha value is -2.72. The minimum atomic E-state index is -3.34. The van der Waals surface area contributed by atoms with E-state index < -0.39 is 25.2 Å². The van der Waals surface area contributed by atoms with Gasteiger partial charge in [-0.05, 0) is 55.2 Å². The molecule has 34 heavy (non-hydrogen) atoms. The molecular formula is C28H32NO4P. The van der Waals surface area contributed by atoms with E-state index in [4.69, 9.17) is 4.74 Å². The second kappa shape index (κ2) is 11.1. The second-order valence-electron chi connectivity index (χ2n) is 8.84. The zero-order chi connectivity index (χ0) is 24.0. The number of carbonyl (C=O) groups is 1. The number of ketones is 1. The molecule has 1 saturated carbocycles. The van der Waals surface area contributed by atoms with Crippen LogP contribution in [0.2, 0.25) is 0 Å². The largest absolute Gasteiger partial charge is 0.496 e. The van der Waals surface area contributed by atoms with Crippen molar-refractivity contribution in [3.63, 3.8) is 0 Å². The van der Waals surface area contributed by atoms with Gasteiger partial charge in [0.25, 0.3) is 0 Å². The molecule has 1 aliphatic rings. The Morgan fingerprint density at radius 2 is 1.41 bits per heavy atom. The van der Waals surface area contributed by atoms with Gasteiger partial charge >= 0.3 is 0 Å². The molecule has 6 heteroatoms. The van der Waals surface area contributed by atoms with Gasteiger partial charge in [-0.15, -0.1) is 0 Å². The van der Waals surface area contributed by atoms with Crippen molar-refractivity contribution < 1.29 is 19.2 Å². The van der Waals surface area contributed by atoms with Crippen LogP contribution in [-0.2, 0) is 4.57 Å². The molecule has 4 rings (SSSR count). The van der Waals surface area contributed by atoms with Crippen LogP contribution in [-0.4, -0.2) is 30.1 Å². The molecule has 0 heterocycles. The van der Waals surface area contributed by atoms with E-state index in [2.05, 4.69) is 5.09 Å². The van der Waals surface area contributed by atoms with Crippen LogP contribution >= 0.6 is 7.29 Å². The SMILES string of the molecule is COc1ccccc1C(=O)[C@H](O)[C@H](NP(=O)(c1ccccc1)c1ccccc1)C1CCCCC1. The molecule has 0 unspecified atom stereocenters. The number of para-hydroxylation sites is 1. The third-order valence-electron chi connectivity index (χ3n) is 6.71. The van der Waals surface area contributed by atoms with Crippen LogP contribution in [0.3, 0.4) is 0 Å². The normalized spacial score (nSPS) is 16.5. The number of aliphatic hydroxyl groups excluding tert-OH is 1. The molecule has 0 radical (unpaired) electrons. The maximum Gasteiger partial charge on any atom is 0.204 e. The molecule has 178 valence electrons. The predicted molar refractivity (Wildman–Crippen MR) is 137 cm³/mol. The summed E-state index contributed by atoms with van der Waals surface area (Å²) in [6.07, 6.45) is 3.57. The molecule has 0 spiro atoms. The highest BCUT2D eigenvalue weighted by Crippen LogP contribution is 2.42. The second-order valence-corrected chi connectivity index (χ2v) is 11.4. The van der Waals surface area contributed by atoms with E-state index >= 15 is 0 Å². The summed E-state index contributed by atoms with van der Waals surface area (Å²) in [7, 11) is -1.84. The summed E-state index contributed by atoms with van der Waals surface area (Å²) >= 11 is 0. The Kier molecular flexibility index (Phi) is 7.99. The van der Waals surface area contributed by atoms with Gasteiger partial charge in [-0.2, -0.15) is 0 Å². The van der Waals surface area contributed by atoms with Gasteiger partial charge in [0.05, 0.1) is 12.7 Å². The zero-order valence-corrected chi connectivity index (χ0v) is 20.4. The maximum absolute atomic E-state index is 14.7. The van der Waals surface area contributed by atoms with E-state index in [-0.39, 0.29) is 5.92 Å². The van der Waals surface area contributed by atoms with Crippen LogP contribution in [0.4, 0.5) is 0 Å². The van der Waals surface area contributed by atoms with Gasteiger partial charge in [0.15, 0.2) is 5.78 Å². The summed E-state index contributed by atoms with van der Waals surface area (Å²) in [5, 5.41) is 16.1. The van der Waals surface area contributed by atoms with Crippen molar-refractivity contribution in [2.24, 2.45) is 5.92 Å². The molecule has 2 atom stereocenters. The van der Waals surface area contributed by atoms with E-state index in [0.29, 0.717) is 21.9 Å². The molecule has 0 saturated heterocycles. The zero-order valence-electron chi connectivity index (χ0n) is 19.5. The van der Waals surface area contributed by atoms with Crippen molar-refractivity contribution in [2.75, 3.05) is 7.11 Å². The molecule has 2 N–H and O–H groups in total. The van der Waals surface area contributed by atoms with Gasteiger partial charge in [0.1, 0.15) is 11.9 Å². The molecule has 3 aromatic carbocycles. The quantitative estimate of drug-likeness (QED) is 0.345. The van der Waals surface area contributed by atoms with E-state index in [1.165, 1.54) is 7.11 Å². The number of methoxy groups -OCH3 is 1. The summed E-state index contributed by atoms with van der Waals surface area (Å²) < 4.78 is 20.1. The number of nitrogens with one attached hydrogen (secondary N) is 1. The topological polar surface area (TPSA) is 75.6 Å². The monoisotopic (exact) mass is 477 g/mol. The molecule has 0 aliphatic heterocycles. The lowest BCUT2D eigenvalue weighted by atomic mass is 9.80. The summed E-state index contributed by atoms with van der Waals surface area (Å²) in [6, 6.07) is 24.8. The van der Waals surface area contributed by atoms with Crippen LogP contribution in [0, 0.1) is 5.92 Å². The number of benzene rings is 3. The van der Waals surface area contributed by atoms with Gasteiger partial charge in [0.2, 0.25) is 7.29 Å². The molecule has 0 aromatic heterocycles. The number of aliphatic hydroxyl groups is 1. The van der Waals surface area contributed by atoms with Crippen molar-refractivity contribution in [1.82, 2.24) is 5.09 Å². The highest BCUT2D eigenvalue weighted by atomic mass is 31.2. The third-order valence-corrected chi connectivity index (χ3v) is 9.42. The summed E-state index contributed by atoms with van der Waals surface area (Å²) in [6.45, 7) is 0. The van der Waals surface area contributed by atoms with Crippen LogP contribution < -0.4 is 20.4 Å². The summed E-state index contributed by atoms with van der Waals surface area (Å²) in [5.74, 6) is 0.0274. The molecular weight excluding hydrogens is 445 g/mol. The first-order valence-electron chi connectivity index (χ1n) is 11.9. The van der Waals surface area contributed by atoms with Gasteiger partial charge < -0.3 is 9.84 Å². The van der Waals surface area contributed by atoms with E-state index in [1.54, 1.807) is 24.3 Å². The predicted octanol–water partition coefficient (Wildman–Crippen LogP) is 4.71. The molecule has 0 bridgehead atoms. The number of rotatable bonds is 9. The molecule has 1 fully saturated rings. The molecule has 0 amide bonds. The lowest BCUT2D eigenvalue weighted by molar-refractivity contribution is 0.0579. The minimum Gasteiger partial charge on any atom is -0.496 e. The number of carbonyl (C=O) groups excluding carboxylic acids is 1. The fraction of sp³-hybridized carbons (Fsp3) is 0.321. The van der Waals surface area contributed by atoms with Gasteiger partial charge in [-0.3, -0.25) is 14.4 Å². The number of Topliss-reactive ketones (excluding diaryl/α,β-unsaturated/α-hetero) is 1. The summed E-state index contributed by atoms with van der Waals surface area (Å²) in [4.78, 5) is 13.5. The first kappa shape index (κ1) is 24.4. The Labute approximate surface area is 201 Å².